The third-order valence-electron chi connectivity index (χ3n) is 4.65. The molecule has 0 aliphatic carbocycles. The normalized spacial score (nSPS) is 17.7. The molecule has 0 radical (unpaired) electrons. The molecule has 0 saturated carbocycles. The van der Waals surface area contributed by atoms with Crippen LogP contribution in [-0.4, -0.2) is 41.8 Å². The fraction of sp³-hybridized carbons (Fsp3) is 0.476. The lowest BCUT2D eigenvalue weighted by atomic mass is 9.99. The molecular formula is C21H28N4O2S. The fourth-order valence-corrected chi connectivity index (χ4v) is 4.08. The van der Waals surface area contributed by atoms with Crippen molar-refractivity contribution < 1.29 is 9.53 Å². The van der Waals surface area contributed by atoms with Crippen molar-refractivity contribution >= 4 is 28.7 Å². The molecule has 1 N–H and O–H groups in total. The van der Waals surface area contributed by atoms with E-state index in [1.165, 1.54) is 42.8 Å². The largest absolute Gasteiger partial charge is 0.466 e. The van der Waals surface area contributed by atoms with Gasteiger partial charge in [-0.25, -0.2) is 4.98 Å². The van der Waals surface area contributed by atoms with Crippen LogP contribution in [0.15, 0.2) is 34.7 Å². The number of benzene rings is 1. The summed E-state index contributed by atoms with van der Waals surface area (Å²) in [5.74, 6) is 0.525. The Morgan fingerprint density at radius 3 is 3.21 bits per heavy atom. The van der Waals surface area contributed by atoms with E-state index in [1.807, 2.05) is 11.4 Å². The predicted octanol–water partition coefficient (Wildman–Crippen LogP) is 3.93. The summed E-state index contributed by atoms with van der Waals surface area (Å²) in [7, 11) is 0. The molecule has 0 amide bonds. The highest BCUT2D eigenvalue weighted by Crippen LogP contribution is 2.18. The Morgan fingerprint density at radius 2 is 2.39 bits per heavy atom. The number of carbonyl (C=O) groups excluding carboxylic acids is 1. The minimum atomic E-state index is -0.261. The second kappa shape index (κ2) is 10.3. The molecule has 1 atom stereocenters. The van der Waals surface area contributed by atoms with Crippen LogP contribution in [0.3, 0.4) is 0 Å². The number of piperidine rings is 1. The van der Waals surface area contributed by atoms with Gasteiger partial charge in [0.25, 0.3) is 0 Å². The molecule has 1 saturated heterocycles. The zero-order valence-electron chi connectivity index (χ0n) is 16.6. The molecule has 28 heavy (non-hydrogen) atoms. The van der Waals surface area contributed by atoms with Crippen molar-refractivity contribution in [3.05, 3.63) is 46.5 Å². The maximum absolute atomic E-state index is 11.5. The summed E-state index contributed by atoms with van der Waals surface area (Å²) in [6.07, 6.45) is 4.62. The van der Waals surface area contributed by atoms with E-state index in [9.17, 15) is 4.79 Å². The van der Waals surface area contributed by atoms with E-state index in [2.05, 4.69) is 45.5 Å². The highest BCUT2D eigenvalue weighted by atomic mass is 32.1. The van der Waals surface area contributed by atoms with Gasteiger partial charge in [0.2, 0.25) is 5.13 Å². The van der Waals surface area contributed by atoms with Crippen LogP contribution >= 0.6 is 11.3 Å². The first-order valence-corrected chi connectivity index (χ1v) is 10.7. The third-order valence-corrected chi connectivity index (χ3v) is 5.45. The Balaban J connectivity index is 1.52. The van der Waals surface area contributed by atoms with Crippen molar-refractivity contribution in [1.82, 2.24) is 9.88 Å². The molecule has 2 heterocycles. The summed E-state index contributed by atoms with van der Waals surface area (Å²) in [6, 6.07) is 8.47. The van der Waals surface area contributed by atoms with Crippen molar-refractivity contribution in [1.29, 1.82) is 0 Å². The van der Waals surface area contributed by atoms with Gasteiger partial charge in [-0.3, -0.25) is 15.1 Å². The summed E-state index contributed by atoms with van der Waals surface area (Å²) < 4.78 is 4.94. The second-order valence-corrected chi connectivity index (χ2v) is 8.08. The second-order valence-electron chi connectivity index (χ2n) is 7.22. The molecule has 3 rings (SSSR count). The maximum atomic E-state index is 11.5. The molecule has 1 unspecified atom stereocenters. The van der Waals surface area contributed by atoms with Crippen LogP contribution in [-0.2, 0) is 22.5 Å². The maximum Gasteiger partial charge on any atom is 0.311 e. The first-order valence-electron chi connectivity index (χ1n) is 9.82. The number of ether oxygens (including phenoxy) is 1. The monoisotopic (exact) mass is 400 g/mol. The number of rotatable bonds is 8. The molecular weight excluding hydrogens is 372 g/mol. The number of carbonyl (C=O) groups is 1. The number of thiazole rings is 1. The van der Waals surface area contributed by atoms with Crippen LogP contribution in [0.2, 0.25) is 0 Å². The average molecular weight is 401 g/mol. The number of esters is 1. The molecule has 7 heteroatoms. The Bertz CT molecular complexity index is 805. The lowest BCUT2D eigenvalue weighted by molar-refractivity contribution is -0.142. The molecule has 150 valence electrons. The molecule has 1 aliphatic rings. The number of nitrogens with zero attached hydrogens (tertiary/aromatic N) is 3. The standard InChI is InChI=1S/C21H28N4O2S/c1-3-27-20(26)11-19-15-28-21(23-19)24-22-12-17-7-4-8-18(10-17)14-25-9-5-6-16(2)13-25/h4,7-8,10,12,15-16H,3,5-6,9,11,13-14H2,1-2H3,(H,23,24). The molecule has 2 aromatic rings. The number of likely N-dealkylation sites (tertiary alicyclic amines) is 1. The molecule has 0 spiro atoms. The van der Waals surface area contributed by atoms with Crippen LogP contribution in [0.1, 0.15) is 43.5 Å². The van der Waals surface area contributed by atoms with Gasteiger partial charge in [0.05, 0.1) is 24.9 Å². The topological polar surface area (TPSA) is 66.8 Å². The first-order chi connectivity index (χ1) is 13.6. The molecule has 1 fully saturated rings. The number of nitrogens with one attached hydrogen (secondary N) is 1. The molecule has 1 aliphatic heterocycles. The fourth-order valence-electron chi connectivity index (χ4n) is 3.42. The van der Waals surface area contributed by atoms with E-state index >= 15 is 0 Å². The Morgan fingerprint density at radius 1 is 1.50 bits per heavy atom. The van der Waals surface area contributed by atoms with Crippen molar-refractivity contribution in [3.8, 4) is 0 Å². The molecule has 6 nitrogen and oxygen atoms in total. The van der Waals surface area contributed by atoms with E-state index in [4.69, 9.17) is 4.74 Å². The van der Waals surface area contributed by atoms with Gasteiger partial charge in [-0.05, 0) is 49.4 Å². The summed E-state index contributed by atoms with van der Waals surface area (Å²) in [5, 5.41) is 6.79. The van der Waals surface area contributed by atoms with Crippen LogP contribution in [0.5, 0.6) is 0 Å². The first kappa shape index (κ1) is 20.5. The smallest absolute Gasteiger partial charge is 0.311 e. The van der Waals surface area contributed by atoms with Crippen LogP contribution in [0, 0.1) is 5.92 Å². The van der Waals surface area contributed by atoms with Crippen molar-refractivity contribution in [2.45, 2.75) is 39.7 Å². The lowest BCUT2D eigenvalue weighted by Gasteiger charge is -2.30. The number of anilines is 1. The van der Waals surface area contributed by atoms with Crippen molar-refractivity contribution in [3.63, 3.8) is 0 Å². The summed E-state index contributed by atoms with van der Waals surface area (Å²) >= 11 is 1.42. The Hall–Kier alpha value is -2.25. The van der Waals surface area contributed by atoms with Crippen molar-refractivity contribution in [2.75, 3.05) is 25.1 Å². The summed E-state index contributed by atoms with van der Waals surface area (Å²) in [6.45, 7) is 7.86. The van der Waals surface area contributed by atoms with E-state index in [0.717, 1.165) is 18.0 Å². The van der Waals surface area contributed by atoms with E-state index in [1.54, 1.807) is 13.1 Å². The summed E-state index contributed by atoms with van der Waals surface area (Å²) in [4.78, 5) is 18.4. The van der Waals surface area contributed by atoms with Gasteiger partial charge in [-0.2, -0.15) is 5.10 Å². The number of aromatic nitrogens is 1. The number of hydrogen-bond acceptors (Lipinski definition) is 7. The zero-order valence-corrected chi connectivity index (χ0v) is 17.4. The van der Waals surface area contributed by atoms with Crippen LogP contribution < -0.4 is 5.43 Å². The Kier molecular flexibility index (Phi) is 7.56. The number of hydrazone groups is 1. The minimum absolute atomic E-state index is 0.187. The van der Waals surface area contributed by atoms with E-state index in [-0.39, 0.29) is 12.4 Å². The molecule has 1 aromatic carbocycles. The summed E-state index contributed by atoms with van der Waals surface area (Å²) in [5.41, 5.74) is 6.00. The van der Waals surface area contributed by atoms with Gasteiger partial charge >= 0.3 is 5.97 Å². The average Bonchev–Trinajstić information content (AvgIpc) is 3.09. The van der Waals surface area contributed by atoms with Gasteiger partial charge < -0.3 is 4.74 Å². The van der Waals surface area contributed by atoms with Gasteiger partial charge in [0, 0.05) is 18.5 Å². The lowest BCUT2D eigenvalue weighted by Crippen LogP contribution is -2.33. The quantitative estimate of drug-likeness (QED) is 0.413. The highest BCUT2D eigenvalue weighted by Gasteiger charge is 2.16. The van der Waals surface area contributed by atoms with Crippen molar-refractivity contribution in [2.24, 2.45) is 11.0 Å². The van der Waals surface area contributed by atoms with Crippen LogP contribution in [0.25, 0.3) is 0 Å². The Labute approximate surface area is 170 Å². The SMILES string of the molecule is CCOC(=O)Cc1csc(NN=Cc2cccc(CN3CCCC(C)C3)c2)n1. The third kappa shape index (κ3) is 6.42. The zero-order chi connectivity index (χ0) is 19.8. The van der Waals surface area contributed by atoms with Gasteiger partial charge in [0.1, 0.15) is 0 Å². The predicted molar refractivity (Wildman–Crippen MR) is 114 cm³/mol. The van der Waals surface area contributed by atoms with Gasteiger partial charge in [-0.15, -0.1) is 11.3 Å². The molecule has 1 aromatic heterocycles. The van der Waals surface area contributed by atoms with E-state index in [0.29, 0.717) is 17.4 Å². The van der Waals surface area contributed by atoms with Gasteiger partial charge in [0.15, 0.2) is 0 Å². The minimum Gasteiger partial charge on any atom is -0.466 e. The van der Waals surface area contributed by atoms with Gasteiger partial charge in [-0.1, -0.05) is 25.1 Å². The highest BCUT2D eigenvalue weighted by molar-refractivity contribution is 7.13. The molecule has 0 bridgehead atoms. The van der Waals surface area contributed by atoms with Crippen LogP contribution in [0.4, 0.5) is 5.13 Å². The van der Waals surface area contributed by atoms with E-state index < -0.39 is 0 Å². The number of hydrogen-bond donors (Lipinski definition) is 1.